The number of aliphatic hydroxyl groups excluding tert-OH is 1. The first-order valence-electron chi connectivity index (χ1n) is 12.1. The van der Waals surface area contributed by atoms with Gasteiger partial charge in [0.25, 0.3) is 0 Å². The van der Waals surface area contributed by atoms with E-state index < -0.39 is 0 Å². The van der Waals surface area contributed by atoms with Crippen LogP contribution in [0.3, 0.4) is 0 Å². The summed E-state index contributed by atoms with van der Waals surface area (Å²) in [6.45, 7) is 9.35. The van der Waals surface area contributed by atoms with Crippen LogP contribution in [-0.2, 0) is 4.79 Å². The Morgan fingerprint density at radius 3 is 2.71 bits per heavy atom. The Hall–Kier alpha value is -0.630. The van der Waals surface area contributed by atoms with Crippen LogP contribution in [-0.4, -0.2) is 17.0 Å². The molecule has 4 aliphatic carbocycles. The van der Waals surface area contributed by atoms with Crippen LogP contribution in [0.4, 0.5) is 0 Å². The van der Waals surface area contributed by atoms with Gasteiger partial charge in [-0.2, -0.15) is 0 Å². The monoisotopic (exact) mass is 386 g/mol. The van der Waals surface area contributed by atoms with Crippen molar-refractivity contribution in [3.63, 3.8) is 0 Å². The average Bonchev–Trinajstić information content (AvgIpc) is 2.99. The van der Waals surface area contributed by atoms with Crippen molar-refractivity contribution in [2.24, 2.45) is 40.4 Å². The number of rotatable bonds is 5. The van der Waals surface area contributed by atoms with E-state index in [1.165, 1.54) is 44.9 Å². The van der Waals surface area contributed by atoms with E-state index in [0.29, 0.717) is 16.6 Å². The lowest BCUT2D eigenvalue weighted by atomic mass is 9.47. The third kappa shape index (κ3) is 3.32. The summed E-state index contributed by atoms with van der Waals surface area (Å²) < 4.78 is 0. The van der Waals surface area contributed by atoms with Crippen LogP contribution >= 0.6 is 0 Å². The number of Topliss-reactive ketones (excluding diaryl/α,β-unsaturated/α-hetero) is 1. The maximum Gasteiger partial charge on any atom is 0.129 e. The standard InChI is InChI=1S/C26H42O2/c1-17(6-5-7-18(2)27)22-10-11-23-21-9-8-19-16-20(28)12-14-25(19,3)24(21)13-15-26(22,23)4/h8,17,20-24,28H,5-7,9-16H2,1-4H3/t17-,20-,21+,22+,23+,24+,25+,26-/m1/s1. The predicted molar refractivity (Wildman–Crippen MR) is 115 cm³/mol. The SMILES string of the molecule is CC(=O)CCC[C@@H](C)[C@@H]1CC[C@H]2[C@@H]3CC=C4C[C@H](O)CC[C@]4(C)[C@H]3CC[C@@]21C. The summed E-state index contributed by atoms with van der Waals surface area (Å²) in [4.78, 5) is 11.3. The van der Waals surface area contributed by atoms with Crippen molar-refractivity contribution in [1.29, 1.82) is 0 Å². The van der Waals surface area contributed by atoms with Crippen molar-refractivity contribution in [3.8, 4) is 0 Å². The van der Waals surface area contributed by atoms with Crippen LogP contribution in [0, 0.1) is 40.4 Å². The lowest BCUT2D eigenvalue weighted by molar-refractivity contribution is -0.117. The summed E-state index contributed by atoms with van der Waals surface area (Å²) in [5.41, 5.74) is 2.45. The van der Waals surface area contributed by atoms with E-state index in [2.05, 4.69) is 26.8 Å². The van der Waals surface area contributed by atoms with Crippen LogP contribution in [0.1, 0.15) is 98.3 Å². The van der Waals surface area contributed by atoms with Crippen LogP contribution < -0.4 is 0 Å². The first-order valence-corrected chi connectivity index (χ1v) is 12.1. The van der Waals surface area contributed by atoms with Gasteiger partial charge in [-0.3, -0.25) is 0 Å². The van der Waals surface area contributed by atoms with Crippen molar-refractivity contribution in [1.82, 2.24) is 0 Å². The maximum atomic E-state index is 11.3. The highest BCUT2D eigenvalue weighted by molar-refractivity contribution is 5.75. The lowest BCUT2D eigenvalue weighted by Crippen LogP contribution is -2.50. The molecule has 0 aromatic carbocycles. The average molecular weight is 387 g/mol. The quantitative estimate of drug-likeness (QED) is 0.561. The van der Waals surface area contributed by atoms with Crippen molar-refractivity contribution < 1.29 is 9.90 Å². The van der Waals surface area contributed by atoms with Crippen molar-refractivity contribution in [2.75, 3.05) is 0 Å². The molecule has 0 saturated heterocycles. The molecule has 3 fully saturated rings. The molecule has 2 nitrogen and oxygen atoms in total. The van der Waals surface area contributed by atoms with Gasteiger partial charge in [0.1, 0.15) is 5.78 Å². The molecule has 0 unspecified atom stereocenters. The molecule has 0 heterocycles. The summed E-state index contributed by atoms with van der Waals surface area (Å²) in [6.07, 6.45) is 15.5. The van der Waals surface area contributed by atoms with Gasteiger partial charge in [-0.05, 0) is 105 Å². The molecule has 1 N–H and O–H groups in total. The smallest absolute Gasteiger partial charge is 0.129 e. The fourth-order valence-electron chi connectivity index (χ4n) is 8.49. The minimum Gasteiger partial charge on any atom is -0.393 e. The van der Waals surface area contributed by atoms with E-state index in [-0.39, 0.29) is 6.10 Å². The second-order valence-corrected chi connectivity index (χ2v) is 11.5. The summed E-state index contributed by atoms with van der Waals surface area (Å²) in [7, 11) is 0. The minimum absolute atomic E-state index is 0.101. The van der Waals surface area contributed by atoms with Crippen LogP contribution in [0.5, 0.6) is 0 Å². The Kier molecular flexibility index (Phi) is 5.57. The number of carbonyl (C=O) groups excluding carboxylic acids is 1. The molecule has 0 amide bonds. The molecule has 0 spiro atoms. The number of aliphatic hydroxyl groups is 1. The molecule has 0 radical (unpaired) electrons. The third-order valence-corrected chi connectivity index (χ3v) is 10.0. The van der Waals surface area contributed by atoms with Gasteiger partial charge in [0.15, 0.2) is 0 Å². The zero-order valence-electron chi connectivity index (χ0n) is 18.7. The largest absolute Gasteiger partial charge is 0.393 e. The number of allylic oxidation sites excluding steroid dienone is 1. The summed E-state index contributed by atoms with van der Waals surface area (Å²) in [5, 5.41) is 10.2. The molecule has 158 valence electrons. The van der Waals surface area contributed by atoms with Gasteiger partial charge in [0.05, 0.1) is 6.10 Å². The van der Waals surface area contributed by atoms with Crippen LogP contribution in [0.25, 0.3) is 0 Å². The molecular weight excluding hydrogens is 344 g/mol. The fraction of sp³-hybridized carbons (Fsp3) is 0.885. The van der Waals surface area contributed by atoms with Gasteiger partial charge >= 0.3 is 0 Å². The lowest BCUT2D eigenvalue weighted by Gasteiger charge is -2.58. The van der Waals surface area contributed by atoms with E-state index in [1.54, 1.807) is 12.5 Å². The summed E-state index contributed by atoms with van der Waals surface area (Å²) in [6, 6.07) is 0. The predicted octanol–water partition coefficient (Wildman–Crippen LogP) is 6.32. The number of carbonyl (C=O) groups is 1. The molecule has 28 heavy (non-hydrogen) atoms. The van der Waals surface area contributed by atoms with E-state index in [1.807, 2.05) is 0 Å². The van der Waals surface area contributed by atoms with E-state index in [0.717, 1.165) is 55.3 Å². The third-order valence-electron chi connectivity index (χ3n) is 10.0. The zero-order valence-corrected chi connectivity index (χ0v) is 18.7. The normalized spacial score (nSPS) is 46.2. The van der Waals surface area contributed by atoms with E-state index >= 15 is 0 Å². The van der Waals surface area contributed by atoms with Crippen molar-refractivity contribution >= 4 is 5.78 Å². The number of ketones is 1. The molecule has 4 aliphatic rings. The molecule has 0 aromatic heterocycles. The second kappa shape index (κ2) is 7.56. The fourth-order valence-corrected chi connectivity index (χ4v) is 8.49. The summed E-state index contributed by atoms with van der Waals surface area (Å²) >= 11 is 0. The first kappa shape index (κ1) is 20.6. The van der Waals surface area contributed by atoms with Crippen LogP contribution in [0.2, 0.25) is 0 Å². The molecule has 4 rings (SSSR count). The second-order valence-electron chi connectivity index (χ2n) is 11.5. The van der Waals surface area contributed by atoms with Gasteiger partial charge in [0, 0.05) is 6.42 Å². The van der Waals surface area contributed by atoms with Crippen molar-refractivity contribution in [2.45, 2.75) is 104 Å². The number of hydrogen-bond donors (Lipinski definition) is 1. The first-order chi connectivity index (χ1) is 13.3. The molecule has 2 heteroatoms. The summed E-state index contributed by atoms with van der Waals surface area (Å²) in [5.74, 6) is 4.52. The highest BCUT2D eigenvalue weighted by Gasteiger charge is 2.59. The van der Waals surface area contributed by atoms with Gasteiger partial charge in [0.2, 0.25) is 0 Å². The Bertz CT molecular complexity index is 636. The topological polar surface area (TPSA) is 37.3 Å². The van der Waals surface area contributed by atoms with E-state index in [9.17, 15) is 9.90 Å². The maximum absolute atomic E-state index is 11.3. The molecule has 0 aliphatic heterocycles. The highest BCUT2D eigenvalue weighted by atomic mass is 16.3. The number of hydrogen-bond acceptors (Lipinski definition) is 2. The van der Waals surface area contributed by atoms with Crippen LogP contribution in [0.15, 0.2) is 11.6 Å². The van der Waals surface area contributed by atoms with Gasteiger partial charge in [-0.1, -0.05) is 38.8 Å². The Labute approximate surface area is 172 Å². The molecule has 8 atom stereocenters. The Morgan fingerprint density at radius 1 is 1.18 bits per heavy atom. The Balaban J connectivity index is 1.50. The molecule has 0 aromatic rings. The van der Waals surface area contributed by atoms with Gasteiger partial charge in [-0.25, -0.2) is 0 Å². The van der Waals surface area contributed by atoms with Gasteiger partial charge < -0.3 is 9.90 Å². The molecule has 3 saturated carbocycles. The van der Waals surface area contributed by atoms with Gasteiger partial charge in [-0.15, -0.1) is 0 Å². The zero-order chi connectivity index (χ0) is 20.1. The minimum atomic E-state index is -0.101. The highest BCUT2D eigenvalue weighted by Crippen LogP contribution is 2.67. The Morgan fingerprint density at radius 2 is 1.96 bits per heavy atom. The number of fused-ring (bicyclic) bond motifs is 5. The van der Waals surface area contributed by atoms with E-state index in [4.69, 9.17) is 0 Å². The van der Waals surface area contributed by atoms with Crippen molar-refractivity contribution in [3.05, 3.63) is 11.6 Å². The molecular formula is C26H42O2. The molecule has 0 bridgehead atoms.